The first-order valence-corrected chi connectivity index (χ1v) is 8.73. The average Bonchev–Trinajstić information content (AvgIpc) is 3.35. The number of ether oxygens (including phenoxy) is 1. The van der Waals surface area contributed by atoms with Gasteiger partial charge in [-0.25, -0.2) is 14.4 Å². The molecule has 2 N–H and O–H groups in total. The topological polar surface area (TPSA) is 99.5 Å². The summed E-state index contributed by atoms with van der Waals surface area (Å²) in [7, 11) is 0. The average molecular weight is 364 g/mol. The van der Waals surface area contributed by atoms with Crippen LogP contribution in [0, 0.1) is 17.1 Å². The second-order valence-corrected chi connectivity index (χ2v) is 6.33. The second-order valence-electron chi connectivity index (χ2n) is 6.33. The summed E-state index contributed by atoms with van der Waals surface area (Å²) in [5, 5.41) is 18.7. The Bertz CT molecular complexity index is 973. The van der Waals surface area contributed by atoms with E-state index in [9.17, 15) is 4.39 Å². The molecule has 4 rings (SSSR count). The SMILES string of the molecule is N#Cc1cnc(Nc2cc(-c3c(F)cccc3OC3CCCC3)[nH]n2)cn1. The van der Waals surface area contributed by atoms with E-state index in [1.807, 2.05) is 6.07 Å². The lowest BCUT2D eigenvalue weighted by Gasteiger charge is -2.16. The Kier molecular flexibility index (Phi) is 4.66. The van der Waals surface area contributed by atoms with Crippen LogP contribution < -0.4 is 10.1 Å². The number of rotatable bonds is 5. The molecule has 0 spiro atoms. The van der Waals surface area contributed by atoms with E-state index in [4.69, 9.17) is 10.00 Å². The standard InChI is InChI=1S/C19H17FN6O/c20-14-6-3-7-16(27-13-4-1-2-5-13)19(14)15-8-17(26-25-15)24-18-11-22-12(9-21)10-23-18/h3,6-8,10-11,13H,1-2,4-5H2,(H2,23,24,25,26). The first kappa shape index (κ1) is 17.0. The molecule has 0 saturated heterocycles. The lowest BCUT2D eigenvalue weighted by molar-refractivity contribution is 0.210. The van der Waals surface area contributed by atoms with E-state index in [1.165, 1.54) is 18.5 Å². The van der Waals surface area contributed by atoms with Crippen LogP contribution in [-0.2, 0) is 0 Å². The molecule has 0 unspecified atom stereocenters. The smallest absolute Gasteiger partial charge is 0.158 e. The van der Waals surface area contributed by atoms with Crippen LogP contribution in [0.2, 0.25) is 0 Å². The first-order valence-electron chi connectivity index (χ1n) is 8.73. The van der Waals surface area contributed by atoms with Gasteiger partial charge in [0, 0.05) is 6.07 Å². The molecule has 2 heterocycles. The van der Waals surface area contributed by atoms with Crippen molar-refractivity contribution in [2.45, 2.75) is 31.8 Å². The molecule has 27 heavy (non-hydrogen) atoms. The summed E-state index contributed by atoms with van der Waals surface area (Å²) in [4.78, 5) is 8.02. The highest BCUT2D eigenvalue weighted by Crippen LogP contribution is 2.35. The number of aromatic amines is 1. The maximum absolute atomic E-state index is 14.5. The maximum atomic E-state index is 14.5. The lowest BCUT2D eigenvalue weighted by Crippen LogP contribution is -2.11. The quantitative estimate of drug-likeness (QED) is 0.711. The van der Waals surface area contributed by atoms with Crippen LogP contribution in [0.3, 0.4) is 0 Å². The highest BCUT2D eigenvalue weighted by Gasteiger charge is 2.21. The predicted molar refractivity (Wildman–Crippen MR) is 96.9 cm³/mol. The molecule has 0 amide bonds. The van der Waals surface area contributed by atoms with Crippen molar-refractivity contribution in [1.82, 2.24) is 20.2 Å². The molecule has 136 valence electrons. The number of H-pyrrole nitrogens is 1. The van der Waals surface area contributed by atoms with Gasteiger partial charge in [-0.3, -0.25) is 5.10 Å². The van der Waals surface area contributed by atoms with Crippen LogP contribution in [0.15, 0.2) is 36.7 Å². The number of anilines is 2. The number of hydrogen-bond donors (Lipinski definition) is 2. The Balaban J connectivity index is 1.58. The highest BCUT2D eigenvalue weighted by atomic mass is 19.1. The van der Waals surface area contributed by atoms with Gasteiger partial charge < -0.3 is 10.1 Å². The van der Waals surface area contributed by atoms with Gasteiger partial charge in [-0.1, -0.05) is 6.07 Å². The Morgan fingerprint density at radius 1 is 1.19 bits per heavy atom. The maximum Gasteiger partial charge on any atom is 0.158 e. The van der Waals surface area contributed by atoms with Gasteiger partial charge in [0.25, 0.3) is 0 Å². The number of nitriles is 1. The van der Waals surface area contributed by atoms with Crippen LogP contribution in [0.25, 0.3) is 11.3 Å². The van der Waals surface area contributed by atoms with E-state index < -0.39 is 0 Å². The molecule has 3 aromatic rings. The Morgan fingerprint density at radius 2 is 2.04 bits per heavy atom. The normalized spacial score (nSPS) is 14.1. The van der Waals surface area contributed by atoms with Crippen molar-refractivity contribution in [3.8, 4) is 23.1 Å². The van der Waals surface area contributed by atoms with Crippen molar-refractivity contribution in [1.29, 1.82) is 5.26 Å². The van der Waals surface area contributed by atoms with Gasteiger partial charge in [0.1, 0.15) is 23.5 Å². The summed E-state index contributed by atoms with van der Waals surface area (Å²) < 4.78 is 20.6. The number of benzene rings is 1. The van der Waals surface area contributed by atoms with E-state index in [-0.39, 0.29) is 17.6 Å². The molecule has 1 fully saturated rings. The zero-order chi connectivity index (χ0) is 18.6. The summed E-state index contributed by atoms with van der Waals surface area (Å²) >= 11 is 0. The second kappa shape index (κ2) is 7.41. The van der Waals surface area contributed by atoms with Crippen LogP contribution in [0.4, 0.5) is 16.0 Å². The fourth-order valence-electron chi connectivity index (χ4n) is 3.15. The van der Waals surface area contributed by atoms with Gasteiger partial charge in [-0.05, 0) is 37.8 Å². The van der Waals surface area contributed by atoms with Crippen LogP contribution in [0.1, 0.15) is 31.4 Å². The first-order chi connectivity index (χ1) is 13.2. The van der Waals surface area contributed by atoms with Crippen molar-refractivity contribution >= 4 is 11.6 Å². The third kappa shape index (κ3) is 3.72. The zero-order valence-corrected chi connectivity index (χ0v) is 14.4. The van der Waals surface area contributed by atoms with Crippen molar-refractivity contribution in [2.75, 3.05) is 5.32 Å². The molecule has 1 aromatic carbocycles. The molecular formula is C19H17FN6O. The van der Waals surface area contributed by atoms with Crippen LogP contribution in [0.5, 0.6) is 5.75 Å². The van der Waals surface area contributed by atoms with Crippen molar-refractivity contribution in [2.24, 2.45) is 0 Å². The number of nitrogens with one attached hydrogen (secondary N) is 2. The van der Waals surface area contributed by atoms with Gasteiger partial charge in [-0.2, -0.15) is 10.4 Å². The Morgan fingerprint density at radius 3 is 2.78 bits per heavy atom. The van der Waals surface area contributed by atoms with Gasteiger partial charge >= 0.3 is 0 Å². The minimum absolute atomic E-state index is 0.125. The molecule has 1 saturated carbocycles. The van der Waals surface area contributed by atoms with E-state index in [1.54, 1.807) is 18.2 Å². The summed E-state index contributed by atoms with van der Waals surface area (Å²) in [6, 6.07) is 8.41. The lowest BCUT2D eigenvalue weighted by atomic mass is 10.1. The van der Waals surface area contributed by atoms with Gasteiger partial charge in [0.15, 0.2) is 11.5 Å². The predicted octanol–water partition coefficient (Wildman–Crippen LogP) is 3.94. The largest absolute Gasteiger partial charge is 0.490 e. The monoisotopic (exact) mass is 364 g/mol. The Labute approximate surface area is 155 Å². The molecular weight excluding hydrogens is 347 g/mol. The number of nitrogens with zero attached hydrogens (tertiary/aromatic N) is 4. The minimum atomic E-state index is -0.376. The molecule has 0 bridgehead atoms. The molecule has 0 aliphatic heterocycles. The van der Waals surface area contributed by atoms with E-state index in [2.05, 4.69) is 25.5 Å². The number of hydrogen-bond acceptors (Lipinski definition) is 6. The summed E-state index contributed by atoms with van der Waals surface area (Å²) in [5.41, 5.74) is 1.09. The summed E-state index contributed by atoms with van der Waals surface area (Å²) in [6.07, 6.45) is 7.18. The minimum Gasteiger partial charge on any atom is -0.490 e. The molecule has 0 atom stereocenters. The number of halogens is 1. The van der Waals surface area contributed by atoms with Gasteiger partial charge in [0.2, 0.25) is 0 Å². The van der Waals surface area contributed by atoms with E-state index in [0.29, 0.717) is 28.6 Å². The highest BCUT2D eigenvalue weighted by molar-refractivity contribution is 5.71. The fourth-order valence-corrected chi connectivity index (χ4v) is 3.15. The van der Waals surface area contributed by atoms with Gasteiger partial charge in [-0.15, -0.1) is 0 Å². The zero-order valence-electron chi connectivity index (χ0n) is 14.4. The molecule has 8 heteroatoms. The van der Waals surface area contributed by atoms with Crippen molar-refractivity contribution < 1.29 is 9.13 Å². The Hall–Kier alpha value is -3.47. The molecule has 7 nitrogen and oxygen atoms in total. The fraction of sp³-hybridized carbons (Fsp3) is 0.263. The molecule has 1 aliphatic carbocycles. The van der Waals surface area contributed by atoms with E-state index >= 15 is 0 Å². The van der Waals surface area contributed by atoms with Crippen molar-refractivity contribution in [3.63, 3.8) is 0 Å². The number of aromatic nitrogens is 4. The molecule has 2 aromatic heterocycles. The van der Waals surface area contributed by atoms with Gasteiger partial charge in [0.05, 0.1) is 29.8 Å². The van der Waals surface area contributed by atoms with Crippen LogP contribution >= 0.6 is 0 Å². The van der Waals surface area contributed by atoms with Crippen LogP contribution in [-0.4, -0.2) is 26.3 Å². The molecule has 1 aliphatic rings. The van der Waals surface area contributed by atoms with E-state index in [0.717, 1.165) is 25.7 Å². The third-order valence-electron chi connectivity index (χ3n) is 4.44. The molecule has 0 radical (unpaired) electrons. The third-order valence-corrected chi connectivity index (χ3v) is 4.44. The summed E-state index contributed by atoms with van der Waals surface area (Å²) in [5.74, 6) is 1.02. The summed E-state index contributed by atoms with van der Waals surface area (Å²) in [6.45, 7) is 0. The van der Waals surface area contributed by atoms with Crippen molar-refractivity contribution in [3.05, 3.63) is 48.2 Å².